The second-order valence-electron chi connectivity index (χ2n) is 6.55. The van der Waals surface area contributed by atoms with Crippen LogP contribution in [0.25, 0.3) is 0 Å². The van der Waals surface area contributed by atoms with E-state index in [2.05, 4.69) is 15.5 Å². The number of hydrogen-bond donors (Lipinski definition) is 1. The van der Waals surface area contributed by atoms with Crippen molar-refractivity contribution in [2.75, 3.05) is 0 Å². The van der Waals surface area contributed by atoms with Gasteiger partial charge in [-0.1, -0.05) is 30.8 Å². The summed E-state index contributed by atoms with van der Waals surface area (Å²) in [4.78, 5) is 12.2. The third-order valence-electron chi connectivity index (χ3n) is 3.79. The molecule has 7 heteroatoms. The maximum absolute atomic E-state index is 12.2. The number of nitrogens with one attached hydrogen (secondary N) is 1. The van der Waals surface area contributed by atoms with Gasteiger partial charge in [-0.2, -0.15) is 0 Å². The molecule has 6 nitrogen and oxygen atoms in total. The minimum atomic E-state index is -0.322. The Morgan fingerprint density at radius 1 is 1.40 bits per heavy atom. The van der Waals surface area contributed by atoms with Crippen LogP contribution < -0.4 is 10.1 Å². The van der Waals surface area contributed by atoms with E-state index in [1.165, 1.54) is 11.8 Å². The van der Waals surface area contributed by atoms with Crippen molar-refractivity contribution in [1.82, 2.24) is 15.5 Å². The fourth-order valence-corrected chi connectivity index (χ4v) is 2.62. The van der Waals surface area contributed by atoms with E-state index in [1.807, 2.05) is 58.9 Å². The second kappa shape index (κ2) is 8.38. The number of aromatic nitrogens is 2. The molecule has 1 amide bonds. The normalized spacial score (nSPS) is 12.7. The zero-order valence-corrected chi connectivity index (χ0v) is 16.1. The van der Waals surface area contributed by atoms with Gasteiger partial charge in [0.15, 0.2) is 6.61 Å². The summed E-state index contributed by atoms with van der Waals surface area (Å²) in [5.41, 5.74) is 0.891. The largest absolute Gasteiger partial charge is 0.484 e. The van der Waals surface area contributed by atoms with E-state index >= 15 is 0 Å². The number of thioether (sulfide) groups is 1. The van der Waals surface area contributed by atoms with Crippen LogP contribution in [0.5, 0.6) is 5.75 Å². The highest BCUT2D eigenvalue weighted by Crippen LogP contribution is 2.23. The number of ether oxygens (including phenoxy) is 1. The highest BCUT2D eigenvalue weighted by Gasteiger charge is 2.24. The lowest BCUT2D eigenvalue weighted by Gasteiger charge is -2.25. The first kappa shape index (κ1) is 19.3. The van der Waals surface area contributed by atoms with Gasteiger partial charge in [0.05, 0.1) is 5.25 Å². The minimum absolute atomic E-state index is 0.0485. The van der Waals surface area contributed by atoms with Crippen LogP contribution in [0.15, 0.2) is 33.9 Å². The molecule has 1 atom stereocenters. The van der Waals surface area contributed by atoms with E-state index in [9.17, 15) is 4.79 Å². The number of hydrogen-bond acceptors (Lipinski definition) is 6. The molecule has 0 aliphatic rings. The molecular formula is C18H25N3O3S. The van der Waals surface area contributed by atoms with Gasteiger partial charge in [0.2, 0.25) is 5.91 Å². The lowest BCUT2D eigenvalue weighted by Crippen LogP contribution is -2.46. The topological polar surface area (TPSA) is 77.2 Å². The summed E-state index contributed by atoms with van der Waals surface area (Å²) in [6, 6.07) is 7.74. The van der Waals surface area contributed by atoms with Crippen LogP contribution >= 0.6 is 11.8 Å². The monoisotopic (exact) mass is 363 g/mol. The van der Waals surface area contributed by atoms with Crippen LogP contribution in [0.3, 0.4) is 0 Å². The summed E-state index contributed by atoms with van der Waals surface area (Å²) in [7, 11) is 0. The molecule has 25 heavy (non-hydrogen) atoms. The van der Waals surface area contributed by atoms with E-state index in [4.69, 9.17) is 9.15 Å². The Morgan fingerprint density at radius 3 is 2.84 bits per heavy atom. The maximum Gasteiger partial charge on any atom is 0.277 e. The van der Waals surface area contributed by atoms with Gasteiger partial charge in [0.25, 0.3) is 11.1 Å². The van der Waals surface area contributed by atoms with Crippen molar-refractivity contribution in [3.8, 4) is 5.75 Å². The first-order valence-corrected chi connectivity index (χ1v) is 9.17. The number of nitrogens with zero attached hydrogens (tertiary/aromatic N) is 2. The van der Waals surface area contributed by atoms with Crippen molar-refractivity contribution >= 4 is 17.7 Å². The zero-order valence-electron chi connectivity index (χ0n) is 15.3. The fourth-order valence-electron chi connectivity index (χ4n) is 1.92. The SMILES string of the molecule is CCC(C)(C)NC(=O)C(C)Sc1nnc(COc2cccc(C)c2)o1. The Hall–Kier alpha value is -2.02. The Bertz CT molecular complexity index is 715. The third kappa shape index (κ3) is 6.08. The highest BCUT2D eigenvalue weighted by atomic mass is 32.2. The zero-order chi connectivity index (χ0) is 18.4. The summed E-state index contributed by atoms with van der Waals surface area (Å²) in [5.74, 6) is 1.08. The number of amides is 1. The Balaban J connectivity index is 1.87. The summed E-state index contributed by atoms with van der Waals surface area (Å²) in [5, 5.41) is 11.0. The molecule has 0 saturated carbocycles. The summed E-state index contributed by atoms with van der Waals surface area (Å²) < 4.78 is 11.2. The molecule has 1 unspecified atom stereocenters. The third-order valence-corrected chi connectivity index (χ3v) is 4.73. The van der Waals surface area contributed by atoms with Crippen LogP contribution in [0.1, 0.15) is 45.6 Å². The average Bonchev–Trinajstić information content (AvgIpc) is 3.00. The van der Waals surface area contributed by atoms with Gasteiger partial charge in [0, 0.05) is 5.54 Å². The van der Waals surface area contributed by atoms with Crippen LogP contribution in [-0.2, 0) is 11.4 Å². The van der Waals surface area contributed by atoms with Crippen molar-refractivity contribution in [3.05, 3.63) is 35.7 Å². The highest BCUT2D eigenvalue weighted by molar-refractivity contribution is 8.00. The smallest absolute Gasteiger partial charge is 0.277 e. The summed E-state index contributed by atoms with van der Waals surface area (Å²) >= 11 is 1.24. The number of rotatable bonds is 8. The Morgan fingerprint density at radius 2 is 2.16 bits per heavy atom. The van der Waals surface area contributed by atoms with Crippen LogP contribution in [0, 0.1) is 6.92 Å². The van der Waals surface area contributed by atoms with Gasteiger partial charge < -0.3 is 14.5 Å². The Kier molecular flexibility index (Phi) is 6.47. The van der Waals surface area contributed by atoms with Gasteiger partial charge in [-0.3, -0.25) is 4.79 Å². The van der Waals surface area contributed by atoms with Crippen molar-refractivity contribution < 1.29 is 13.9 Å². The summed E-state index contributed by atoms with van der Waals surface area (Å²) in [6.07, 6.45) is 0.858. The molecule has 0 aliphatic heterocycles. The number of benzene rings is 1. The molecule has 1 aromatic carbocycles. The molecule has 0 bridgehead atoms. The molecular weight excluding hydrogens is 338 g/mol. The van der Waals surface area contributed by atoms with E-state index < -0.39 is 0 Å². The van der Waals surface area contributed by atoms with E-state index in [0.717, 1.165) is 17.7 Å². The second-order valence-corrected chi connectivity index (χ2v) is 7.85. The van der Waals surface area contributed by atoms with Crippen molar-refractivity contribution in [2.45, 2.75) is 63.7 Å². The van der Waals surface area contributed by atoms with Crippen molar-refractivity contribution in [3.63, 3.8) is 0 Å². The van der Waals surface area contributed by atoms with E-state index in [0.29, 0.717) is 11.1 Å². The minimum Gasteiger partial charge on any atom is -0.484 e. The molecule has 1 heterocycles. The quantitative estimate of drug-likeness (QED) is 0.720. The maximum atomic E-state index is 12.2. The standard InChI is InChI=1S/C18H25N3O3S/c1-6-18(4,5)19-16(22)13(3)25-17-21-20-15(24-17)11-23-14-9-7-8-12(2)10-14/h7-10,13H,6,11H2,1-5H3,(H,19,22). The molecule has 1 aromatic heterocycles. The fraction of sp³-hybridized carbons (Fsp3) is 0.500. The first-order valence-electron chi connectivity index (χ1n) is 8.29. The predicted octanol–water partition coefficient (Wildman–Crippen LogP) is 3.74. The average molecular weight is 363 g/mol. The first-order chi connectivity index (χ1) is 11.8. The Labute approximate surface area is 152 Å². The molecule has 1 N–H and O–H groups in total. The summed E-state index contributed by atoms with van der Waals surface area (Å²) in [6.45, 7) is 10.0. The van der Waals surface area contributed by atoms with Crippen molar-refractivity contribution in [1.29, 1.82) is 0 Å². The molecule has 0 spiro atoms. The van der Waals surface area contributed by atoms with Gasteiger partial charge in [-0.05, 0) is 51.8 Å². The van der Waals surface area contributed by atoms with Crippen LogP contribution in [-0.4, -0.2) is 26.9 Å². The van der Waals surface area contributed by atoms with Crippen LogP contribution in [0.2, 0.25) is 0 Å². The van der Waals surface area contributed by atoms with Gasteiger partial charge in [0.1, 0.15) is 5.75 Å². The molecule has 0 aliphatic carbocycles. The lowest BCUT2D eigenvalue weighted by atomic mass is 10.0. The molecule has 0 radical (unpaired) electrons. The molecule has 2 aromatic rings. The van der Waals surface area contributed by atoms with Gasteiger partial charge in [-0.15, -0.1) is 10.2 Å². The number of aryl methyl sites for hydroxylation is 1. The van der Waals surface area contributed by atoms with E-state index in [1.54, 1.807) is 0 Å². The number of carbonyl (C=O) groups is 1. The van der Waals surface area contributed by atoms with Crippen LogP contribution in [0.4, 0.5) is 0 Å². The van der Waals surface area contributed by atoms with Gasteiger partial charge >= 0.3 is 0 Å². The molecule has 136 valence electrons. The van der Waals surface area contributed by atoms with Crippen molar-refractivity contribution in [2.24, 2.45) is 0 Å². The molecule has 2 rings (SSSR count). The van der Waals surface area contributed by atoms with Gasteiger partial charge in [-0.25, -0.2) is 0 Å². The molecule has 0 fully saturated rings. The predicted molar refractivity (Wildman–Crippen MR) is 97.6 cm³/mol. The number of carbonyl (C=O) groups excluding carboxylic acids is 1. The lowest BCUT2D eigenvalue weighted by molar-refractivity contribution is -0.121. The van der Waals surface area contributed by atoms with E-state index in [-0.39, 0.29) is 23.3 Å². The molecule has 0 saturated heterocycles.